The van der Waals surface area contributed by atoms with Crippen LogP contribution in [-0.2, 0) is 9.84 Å². The van der Waals surface area contributed by atoms with E-state index in [0.717, 1.165) is 18.4 Å². The van der Waals surface area contributed by atoms with Crippen LogP contribution >= 0.6 is 0 Å². The molecule has 0 saturated heterocycles. The number of sulfone groups is 1. The lowest BCUT2D eigenvalue weighted by Gasteiger charge is -2.11. The van der Waals surface area contributed by atoms with Crippen LogP contribution in [0.4, 0.5) is 18.9 Å². The van der Waals surface area contributed by atoms with E-state index in [1.165, 1.54) is 24.3 Å². The third kappa shape index (κ3) is 5.21. The molecule has 25 heavy (non-hydrogen) atoms. The number of halogens is 3. The first-order valence-electron chi connectivity index (χ1n) is 6.93. The minimum atomic E-state index is -4.81. The number of carbonyl (C=O) groups excluding carboxylic acids is 1. The van der Waals surface area contributed by atoms with Crippen molar-refractivity contribution >= 4 is 21.4 Å². The van der Waals surface area contributed by atoms with Crippen LogP contribution in [-0.4, -0.2) is 26.9 Å². The van der Waals surface area contributed by atoms with E-state index in [1.54, 1.807) is 13.0 Å². The summed E-state index contributed by atoms with van der Waals surface area (Å²) in [6.45, 7) is 1.68. The van der Waals surface area contributed by atoms with Gasteiger partial charge in [-0.05, 0) is 48.9 Å². The van der Waals surface area contributed by atoms with Crippen molar-refractivity contribution in [3.8, 4) is 5.75 Å². The maximum absolute atomic E-state index is 12.2. The van der Waals surface area contributed by atoms with Crippen molar-refractivity contribution in [1.29, 1.82) is 0 Å². The zero-order chi connectivity index (χ0) is 18.8. The first kappa shape index (κ1) is 18.8. The largest absolute Gasteiger partial charge is 0.573 e. The van der Waals surface area contributed by atoms with Crippen LogP contribution in [0.1, 0.15) is 15.9 Å². The highest BCUT2D eigenvalue weighted by Gasteiger charge is 2.31. The van der Waals surface area contributed by atoms with E-state index in [9.17, 15) is 26.4 Å². The maximum Gasteiger partial charge on any atom is 0.573 e. The summed E-state index contributed by atoms with van der Waals surface area (Å²) < 4.78 is 63.2. The lowest BCUT2D eigenvalue weighted by atomic mass is 10.1. The second kappa shape index (κ2) is 6.75. The molecule has 1 N–H and O–H groups in total. The van der Waals surface area contributed by atoms with Gasteiger partial charge in [0.2, 0.25) is 0 Å². The summed E-state index contributed by atoms with van der Waals surface area (Å²) in [5, 5.41) is 2.54. The fraction of sp³-hybridized carbons (Fsp3) is 0.188. The molecular weight excluding hydrogens is 359 g/mol. The van der Waals surface area contributed by atoms with Gasteiger partial charge in [0.15, 0.2) is 9.84 Å². The van der Waals surface area contributed by atoms with Gasteiger partial charge in [-0.1, -0.05) is 6.07 Å². The molecule has 0 aliphatic rings. The third-order valence-electron chi connectivity index (χ3n) is 3.24. The molecule has 2 aromatic rings. The van der Waals surface area contributed by atoms with E-state index >= 15 is 0 Å². The highest BCUT2D eigenvalue weighted by molar-refractivity contribution is 7.90. The second-order valence-electron chi connectivity index (χ2n) is 5.28. The molecule has 0 heterocycles. The molecule has 0 bridgehead atoms. The molecule has 0 spiro atoms. The lowest BCUT2D eigenvalue weighted by Crippen LogP contribution is -2.17. The Bertz CT molecular complexity index is 891. The van der Waals surface area contributed by atoms with Crippen molar-refractivity contribution in [1.82, 2.24) is 0 Å². The molecule has 0 atom stereocenters. The van der Waals surface area contributed by atoms with Crippen LogP contribution < -0.4 is 10.1 Å². The molecule has 2 rings (SSSR count). The average molecular weight is 373 g/mol. The van der Waals surface area contributed by atoms with Gasteiger partial charge in [0.25, 0.3) is 5.91 Å². The molecule has 0 aromatic heterocycles. The van der Waals surface area contributed by atoms with Crippen LogP contribution in [0.5, 0.6) is 5.75 Å². The molecule has 0 aliphatic carbocycles. The van der Waals surface area contributed by atoms with Gasteiger partial charge in [0, 0.05) is 17.5 Å². The number of rotatable bonds is 4. The number of carbonyl (C=O) groups is 1. The van der Waals surface area contributed by atoms with E-state index in [4.69, 9.17) is 0 Å². The van der Waals surface area contributed by atoms with Gasteiger partial charge < -0.3 is 10.1 Å². The molecule has 5 nitrogen and oxygen atoms in total. The molecule has 0 saturated carbocycles. The lowest BCUT2D eigenvalue weighted by molar-refractivity contribution is -0.274. The number of hydrogen-bond donors (Lipinski definition) is 1. The molecule has 0 fully saturated rings. The molecule has 0 unspecified atom stereocenters. The topological polar surface area (TPSA) is 72.5 Å². The first-order chi connectivity index (χ1) is 11.5. The fourth-order valence-corrected chi connectivity index (χ4v) is 2.62. The van der Waals surface area contributed by atoms with Gasteiger partial charge >= 0.3 is 6.36 Å². The van der Waals surface area contributed by atoms with E-state index in [2.05, 4.69) is 10.1 Å². The summed E-state index contributed by atoms with van der Waals surface area (Å²) in [7, 11) is -3.44. The summed E-state index contributed by atoms with van der Waals surface area (Å²) in [4.78, 5) is 12.2. The summed E-state index contributed by atoms with van der Waals surface area (Å²) in [5.41, 5.74) is 1.03. The Morgan fingerprint density at radius 2 is 1.68 bits per heavy atom. The van der Waals surface area contributed by atoms with Gasteiger partial charge in [0.1, 0.15) is 5.75 Å². The summed E-state index contributed by atoms with van der Waals surface area (Å²) in [5.74, 6) is -1.04. The average Bonchev–Trinajstić information content (AvgIpc) is 2.47. The molecule has 0 radical (unpaired) electrons. The van der Waals surface area contributed by atoms with Gasteiger partial charge in [0.05, 0.1) is 4.90 Å². The second-order valence-corrected chi connectivity index (χ2v) is 7.29. The predicted octanol–water partition coefficient (Wildman–Crippen LogP) is 3.55. The zero-order valence-corrected chi connectivity index (χ0v) is 14.0. The molecular formula is C16H14F3NO4S. The highest BCUT2D eigenvalue weighted by atomic mass is 32.2. The minimum Gasteiger partial charge on any atom is -0.406 e. The van der Waals surface area contributed by atoms with Gasteiger partial charge in [-0.25, -0.2) is 8.42 Å². The SMILES string of the molecule is Cc1ccc(S(C)(=O)=O)cc1NC(=O)c1ccc(OC(F)(F)F)cc1. The van der Waals surface area contributed by atoms with Gasteiger partial charge in [-0.15, -0.1) is 13.2 Å². The Morgan fingerprint density at radius 3 is 2.20 bits per heavy atom. The first-order valence-corrected chi connectivity index (χ1v) is 8.83. The van der Waals surface area contributed by atoms with Crippen molar-refractivity contribution in [3.63, 3.8) is 0 Å². The fourth-order valence-electron chi connectivity index (χ4n) is 1.97. The van der Waals surface area contributed by atoms with Crippen molar-refractivity contribution in [2.45, 2.75) is 18.2 Å². The van der Waals surface area contributed by atoms with E-state index in [1.807, 2.05) is 0 Å². The monoisotopic (exact) mass is 373 g/mol. The van der Waals surface area contributed by atoms with Gasteiger partial charge in [-0.3, -0.25) is 4.79 Å². The zero-order valence-electron chi connectivity index (χ0n) is 13.2. The highest BCUT2D eigenvalue weighted by Crippen LogP contribution is 2.24. The van der Waals surface area contributed by atoms with Crippen molar-refractivity contribution in [2.75, 3.05) is 11.6 Å². The smallest absolute Gasteiger partial charge is 0.406 e. The Morgan fingerprint density at radius 1 is 1.08 bits per heavy atom. The number of benzene rings is 2. The van der Waals surface area contributed by atoms with Crippen molar-refractivity contribution in [3.05, 3.63) is 53.6 Å². The third-order valence-corrected chi connectivity index (χ3v) is 4.35. The number of ether oxygens (including phenoxy) is 1. The van der Waals surface area contributed by atoms with Crippen LogP contribution in [0, 0.1) is 6.92 Å². The Balaban J connectivity index is 2.20. The van der Waals surface area contributed by atoms with E-state index < -0.39 is 27.9 Å². The normalized spacial score (nSPS) is 11.9. The summed E-state index contributed by atoms with van der Waals surface area (Å²) >= 11 is 0. The molecule has 0 aliphatic heterocycles. The Hall–Kier alpha value is -2.55. The molecule has 134 valence electrons. The summed E-state index contributed by atoms with van der Waals surface area (Å²) in [6.07, 6.45) is -3.77. The minimum absolute atomic E-state index is 0.0438. The quantitative estimate of drug-likeness (QED) is 0.890. The summed E-state index contributed by atoms with van der Waals surface area (Å²) in [6, 6.07) is 8.67. The Kier molecular flexibility index (Phi) is 5.07. The number of anilines is 1. The van der Waals surface area contributed by atoms with Crippen LogP contribution in [0.2, 0.25) is 0 Å². The Labute approximate surface area is 142 Å². The number of hydrogen-bond acceptors (Lipinski definition) is 4. The number of alkyl halides is 3. The number of nitrogens with one attached hydrogen (secondary N) is 1. The van der Waals surface area contributed by atoms with Gasteiger partial charge in [-0.2, -0.15) is 0 Å². The van der Waals surface area contributed by atoms with Crippen LogP contribution in [0.15, 0.2) is 47.4 Å². The number of amides is 1. The van der Waals surface area contributed by atoms with Crippen LogP contribution in [0.25, 0.3) is 0 Å². The van der Waals surface area contributed by atoms with E-state index in [-0.39, 0.29) is 10.5 Å². The molecule has 1 amide bonds. The van der Waals surface area contributed by atoms with E-state index in [0.29, 0.717) is 11.3 Å². The maximum atomic E-state index is 12.2. The van der Waals surface area contributed by atoms with Crippen molar-refractivity contribution in [2.24, 2.45) is 0 Å². The molecule has 9 heteroatoms. The molecule has 2 aromatic carbocycles. The number of aryl methyl sites for hydroxylation is 1. The van der Waals surface area contributed by atoms with Crippen molar-refractivity contribution < 1.29 is 31.1 Å². The predicted molar refractivity (Wildman–Crippen MR) is 85.4 cm³/mol. The standard InChI is InChI=1S/C16H14F3NO4S/c1-10-3-8-13(25(2,22)23)9-14(10)20-15(21)11-4-6-12(7-5-11)24-16(17,18)19/h3-9H,1-2H3,(H,20,21). The van der Waals surface area contributed by atoms with Crippen LogP contribution in [0.3, 0.4) is 0 Å².